The molecule has 1 rings (SSSR count). The first kappa shape index (κ1) is 28.9. The van der Waals surface area contributed by atoms with Gasteiger partial charge in [0.05, 0.1) is 12.6 Å². The molecule has 0 bridgehead atoms. The monoisotopic (exact) mass is 477 g/mol. The van der Waals surface area contributed by atoms with Gasteiger partial charge in [0.2, 0.25) is 11.8 Å². The second-order valence-electron chi connectivity index (χ2n) is 9.61. The fraction of sp³-hybridized carbons (Fsp3) is 0.583. The third-order valence-corrected chi connectivity index (χ3v) is 4.56. The van der Waals surface area contributed by atoms with Gasteiger partial charge < -0.3 is 30.5 Å². The number of aliphatic hydroxyl groups is 1. The number of aliphatic hydroxyl groups excluding tert-OH is 1. The number of hydrogen-bond donors (Lipinski definition) is 3. The molecular weight excluding hydrogens is 440 g/mol. The number of carbonyl (C=O) groups excluding carboxylic acids is 3. The molecular formula is C24H37N4O6-. The number of amides is 3. The van der Waals surface area contributed by atoms with Gasteiger partial charge in [0, 0.05) is 19.7 Å². The smallest absolute Gasteiger partial charge is 0.251 e. The summed E-state index contributed by atoms with van der Waals surface area (Å²) in [4.78, 5) is 42.8. The summed E-state index contributed by atoms with van der Waals surface area (Å²) in [5.41, 5.74) is -0.179. The van der Waals surface area contributed by atoms with E-state index in [4.69, 9.17) is 4.74 Å². The van der Waals surface area contributed by atoms with Crippen molar-refractivity contribution < 1.29 is 29.3 Å². The number of ether oxygens (including phenoxy) is 1. The molecule has 34 heavy (non-hydrogen) atoms. The molecule has 0 aliphatic carbocycles. The van der Waals surface area contributed by atoms with Crippen molar-refractivity contribution in [2.75, 3.05) is 20.6 Å². The SMILES string of the molecule is CC(C)C[C@H](N=C([O-])OC(C)(C)C)C(O)C(=O)NCC(=O)N[C@H](C(=O)N(C)C)c1ccccc1. The standard InChI is InChI=1S/C24H38N4O6/c1-15(2)13-17(26-23(33)34-24(3,4)5)20(30)21(31)25-14-18(29)27-19(22(32)28(6)7)16-11-9-8-10-12-16/h8-12,15,17,19-20,30H,13-14H2,1-7H3,(H,25,31)(H,26,33)(H,27,29)/p-1/t17-,19-,20?/m0/s1. The molecule has 1 aromatic rings. The minimum atomic E-state index is -1.66. The fourth-order valence-corrected chi connectivity index (χ4v) is 3.01. The van der Waals surface area contributed by atoms with Crippen LogP contribution >= 0.6 is 0 Å². The highest BCUT2D eigenvalue weighted by Crippen LogP contribution is 2.16. The van der Waals surface area contributed by atoms with Gasteiger partial charge in [-0.2, -0.15) is 0 Å². The lowest BCUT2D eigenvalue weighted by atomic mass is 9.99. The van der Waals surface area contributed by atoms with Gasteiger partial charge in [-0.1, -0.05) is 65.0 Å². The number of hydrogen-bond acceptors (Lipinski definition) is 7. The second-order valence-corrected chi connectivity index (χ2v) is 9.61. The van der Waals surface area contributed by atoms with Crippen molar-refractivity contribution in [3.8, 4) is 0 Å². The summed E-state index contributed by atoms with van der Waals surface area (Å²) < 4.78 is 5.16. The predicted molar refractivity (Wildman–Crippen MR) is 127 cm³/mol. The van der Waals surface area contributed by atoms with Gasteiger partial charge >= 0.3 is 0 Å². The van der Waals surface area contributed by atoms with Crippen LogP contribution in [-0.4, -0.2) is 72.2 Å². The van der Waals surface area contributed by atoms with E-state index in [0.717, 1.165) is 0 Å². The van der Waals surface area contributed by atoms with E-state index < -0.39 is 48.2 Å². The lowest BCUT2D eigenvalue weighted by molar-refractivity contribution is -0.261. The lowest BCUT2D eigenvalue weighted by Gasteiger charge is -2.31. The zero-order chi connectivity index (χ0) is 26.1. The number of rotatable bonds is 10. The topological polar surface area (TPSA) is 143 Å². The van der Waals surface area contributed by atoms with E-state index in [0.29, 0.717) is 5.56 Å². The van der Waals surface area contributed by atoms with E-state index >= 15 is 0 Å². The van der Waals surface area contributed by atoms with Crippen LogP contribution in [0.5, 0.6) is 0 Å². The van der Waals surface area contributed by atoms with Gasteiger partial charge in [-0.15, -0.1) is 0 Å². The van der Waals surface area contributed by atoms with Crippen LogP contribution in [0.4, 0.5) is 0 Å². The molecule has 0 aliphatic heterocycles. The molecule has 0 saturated carbocycles. The molecule has 0 aliphatic rings. The maximum atomic E-state index is 12.5. The van der Waals surface area contributed by atoms with E-state index in [1.54, 1.807) is 65.2 Å². The molecule has 190 valence electrons. The Balaban J connectivity index is 2.85. The number of carbonyl (C=O) groups is 3. The Morgan fingerprint density at radius 3 is 2.24 bits per heavy atom. The van der Waals surface area contributed by atoms with Crippen LogP contribution in [0.15, 0.2) is 35.3 Å². The van der Waals surface area contributed by atoms with Crippen LogP contribution in [0.1, 0.15) is 52.6 Å². The van der Waals surface area contributed by atoms with E-state index in [-0.39, 0.29) is 18.2 Å². The van der Waals surface area contributed by atoms with Crippen molar-refractivity contribution in [3.63, 3.8) is 0 Å². The quantitative estimate of drug-likeness (QED) is 0.328. The average Bonchev–Trinajstić information content (AvgIpc) is 2.73. The minimum Gasteiger partial charge on any atom is -0.595 e. The number of nitrogens with zero attached hydrogens (tertiary/aromatic N) is 2. The predicted octanol–water partition coefficient (Wildman–Crippen LogP) is 0.355. The highest BCUT2D eigenvalue weighted by molar-refractivity contribution is 5.91. The van der Waals surface area contributed by atoms with Crippen molar-refractivity contribution in [2.24, 2.45) is 10.9 Å². The van der Waals surface area contributed by atoms with Gasteiger partial charge in [-0.3, -0.25) is 19.4 Å². The highest BCUT2D eigenvalue weighted by atomic mass is 16.6. The molecule has 3 amide bonds. The molecule has 10 nitrogen and oxygen atoms in total. The molecule has 0 heterocycles. The van der Waals surface area contributed by atoms with Gasteiger partial charge in [0.15, 0.2) is 6.10 Å². The molecule has 0 saturated heterocycles. The summed E-state index contributed by atoms with van der Waals surface area (Å²) in [6.45, 7) is 8.30. The van der Waals surface area contributed by atoms with E-state index in [1.807, 2.05) is 13.8 Å². The number of benzene rings is 1. The van der Waals surface area contributed by atoms with Crippen LogP contribution in [0.3, 0.4) is 0 Å². The summed E-state index contributed by atoms with van der Waals surface area (Å²) in [5.74, 6) is -1.78. The normalized spacial score (nSPS) is 14.7. The molecule has 0 radical (unpaired) electrons. The highest BCUT2D eigenvalue weighted by Gasteiger charge is 2.28. The Morgan fingerprint density at radius 2 is 1.74 bits per heavy atom. The zero-order valence-electron chi connectivity index (χ0n) is 21.0. The third kappa shape index (κ3) is 10.2. The maximum Gasteiger partial charge on any atom is 0.251 e. The van der Waals surface area contributed by atoms with Crippen LogP contribution in [0.25, 0.3) is 0 Å². The molecule has 1 unspecified atom stereocenters. The number of aliphatic imine (C=N–C) groups is 1. The maximum absolute atomic E-state index is 12.5. The first-order valence-electron chi connectivity index (χ1n) is 11.2. The largest absolute Gasteiger partial charge is 0.595 e. The number of likely N-dealkylation sites (N-methyl/N-ethyl adjacent to an activating group) is 1. The van der Waals surface area contributed by atoms with Crippen LogP contribution < -0.4 is 15.7 Å². The van der Waals surface area contributed by atoms with Gasteiger partial charge in [-0.05, 0) is 17.9 Å². The fourth-order valence-electron chi connectivity index (χ4n) is 3.01. The summed E-state index contributed by atoms with van der Waals surface area (Å²) >= 11 is 0. The Labute approximate surface area is 201 Å². The Hall–Kier alpha value is -3.14. The van der Waals surface area contributed by atoms with E-state index in [1.165, 1.54) is 4.90 Å². The molecule has 0 aromatic heterocycles. The van der Waals surface area contributed by atoms with Crippen molar-refractivity contribution in [1.82, 2.24) is 15.5 Å². The minimum absolute atomic E-state index is 0.0330. The van der Waals surface area contributed by atoms with Crippen molar-refractivity contribution in [1.29, 1.82) is 0 Å². The van der Waals surface area contributed by atoms with Crippen molar-refractivity contribution >= 4 is 23.8 Å². The summed E-state index contributed by atoms with van der Waals surface area (Å²) in [5, 5.41) is 27.5. The van der Waals surface area contributed by atoms with E-state index in [2.05, 4.69) is 15.6 Å². The lowest BCUT2D eigenvalue weighted by Crippen LogP contribution is -2.48. The van der Waals surface area contributed by atoms with Crippen molar-refractivity contribution in [3.05, 3.63) is 35.9 Å². The van der Waals surface area contributed by atoms with Crippen LogP contribution in [0, 0.1) is 5.92 Å². The first-order chi connectivity index (χ1) is 15.7. The molecule has 0 spiro atoms. The summed E-state index contributed by atoms with van der Waals surface area (Å²) in [7, 11) is 3.15. The van der Waals surface area contributed by atoms with Gasteiger partial charge in [0.1, 0.15) is 12.1 Å². The molecule has 10 heteroatoms. The average molecular weight is 478 g/mol. The summed E-state index contributed by atoms with van der Waals surface area (Å²) in [6, 6.07) is 6.75. The Morgan fingerprint density at radius 1 is 1.15 bits per heavy atom. The summed E-state index contributed by atoms with van der Waals surface area (Å²) in [6.07, 6.45) is -2.28. The van der Waals surface area contributed by atoms with Gasteiger partial charge in [-0.25, -0.2) is 0 Å². The first-order valence-corrected chi connectivity index (χ1v) is 11.2. The van der Waals surface area contributed by atoms with E-state index in [9.17, 15) is 24.6 Å². The van der Waals surface area contributed by atoms with Gasteiger partial charge in [0.25, 0.3) is 5.91 Å². The van der Waals surface area contributed by atoms with Crippen LogP contribution in [0.2, 0.25) is 0 Å². The molecule has 3 atom stereocenters. The second kappa shape index (κ2) is 12.9. The molecule has 1 aromatic carbocycles. The Bertz CT molecular complexity index is 849. The Kier molecular flexibility index (Phi) is 11.0. The zero-order valence-corrected chi connectivity index (χ0v) is 21.0. The number of nitrogens with one attached hydrogen (secondary N) is 2. The molecule has 0 fully saturated rings. The van der Waals surface area contributed by atoms with Crippen LogP contribution in [-0.2, 0) is 19.1 Å². The van der Waals surface area contributed by atoms with Crippen molar-refractivity contribution in [2.45, 2.75) is 64.8 Å². The molecule has 3 N–H and O–H groups in total. The third-order valence-electron chi connectivity index (χ3n) is 4.56.